The maximum atomic E-state index is 13.5. The standard InChI is InChI=1S/C24H19FN2O3/c1-26(18-8-4-3-5-9-18)22-21(16-12-14-17(25)15-13-16)23(28)27(24(22)29)19-10-6-7-11-20(19)30-2/h3-15H,1-2H3. The molecule has 0 unspecified atom stereocenters. The highest BCUT2D eigenvalue weighted by Gasteiger charge is 2.43. The Morgan fingerprint density at radius 1 is 0.833 bits per heavy atom. The highest BCUT2D eigenvalue weighted by molar-refractivity contribution is 6.46. The molecule has 0 bridgehead atoms. The summed E-state index contributed by atoms with van der Waals surface area (Å²) < 4.78 is 18.9. The van der Waals surface area contributed by atoms with Crippen molar-refractivity contribution in [3.8, 4) is 5.75 Å². The number of para-hydroxylation sites is 3. The molecule has 0 saturated carbocycles. The molecule has 0 spiro atoms. The summed E-state index contributed by atoms with van der Waals surface area (Å²) in [6, 6.07) is 21.6. The first kappa shape index (κ1) is 19.4. The minimum Gasteiger partial charge on any atom is -0.495 e. The number of carbonyl (C=O) groups is 2. The lowest BCUT2D eigenvalue weighted by Crippen LogP contribution is -2.34. The van der Waals surface area contributed by atoms with Crippen molar-refractivity contribution >= 4 is 28.8 Å². The highest BCUT2D eigenvalue weighted by atomic mass is 19.1. The number of likely N-dealkylation sites (N-methyl/N-ethyl adjacent to an activating group) is 1. The Kier molecular flexibility index (Phi) is 5.06. The Bertz CT molecular complexity index is 1140. The molecule has 5 nitrogen and oxygen atoms in total. The van der Waals surface area contributed by atoms with Gasteiger partial charge in [0.1, 0.15) is 17.3 Å². The van der Waals surface area contributed by atoms with Crippen LogP contribution >= 0.6 is 0 Å². The first-order chi connectivity index (χ1) is 14.5. The molecule has 0 fully saturated rings. The van der Waals surface area contributed by atoms with E-state index in [4.69, 9.17) is 4.74 Å². The predicted octanol–water partition coefficient (Wildman–Crippen LogP) is 4.26. The fourth-order valence-corrected chi connectivity index (χ4v) is 3.52. The van der Waals surface area contributed by atoms with Crippen molar-refractivity contribution in [3.05, 3.63) is 95.9 Å². The van der Waals surface area contributed by atoms with Crippen LogP contribution < -0.4 is 14.5 Å². The van der Waals surface area contributed by atoms with Crippen LogP contribution in [-0.4, -0.2) is 26.0 Å². The third kappa shape index (κ3) is 3.22. The average Bonchev–Trinajstić information content (AvgIpc) is 3.04. The van der Waals surface area contributed by atoms with E-state index >= 15 is 0 Å². The predicted molar refractivity (Wildman–Crippen MR) is 114 cm³/mol. The van der Waals surface area contributed by atoms with Crippen LogP contribution in [0.3, 0.4) is 0 Å². The number of amides is 2. The zero-order valence-electron chi connectivity index (χ0n) is 16.5. The number of imide groups is 1. The third-order valence-corrected chi connectivity index (χ3v) is 5.00. The third-order valence-electron chi connectivity index (χ3n) is 5.00. The van der Waals surface area contributed by atoms with Gasteiger partial charge in [0.2, 0.25) is 0 Å². The molecular weight excluding hydrogens is 383 g/mol. The summed E-state index contributed by atoms with van der Waals surface area (Å²) in [6.07, 6.45) is 0. The van der Waals surface area contributed by atoms with E-state index in [1.165, 1.54) is 31.4 Å². The van der Waals surface area contributed by atoms with Gasteiger partial charge in [0.15, 0.2) is 0 Å². The molecule has 6 heteroatoms. The Balaban J connectivity index is 1.90. The maximum absolute atomic E-state index is 13.5. The van der Waals surface area contributed by atoms with Crippen LogP contribution in [0.5, 0.6) is 5.75 Å². The summed E-state index contributed by atoms with van der Waals surface area (Å²) in [5, 5.41) is 0. The molecule has 2 amide bonds. The van der Waals surface area contributed by atoms with Gasteiger partial charge in [-0.05, 0) is 42.0 Å². The second-order valence-electron chi connectivity index (χ2n) is 6.74. The van der Waals surface area contributed by atoms with Crippen molar-refractivity contribution < 1.29 is 18.7 Å². The summed E-state index contributed by atoms with van der Waals surface area (Å²) in [4.78, 5) is 29.8. The van der Waals surface area contributed by atoms with Crippen LogP contribution in [0, 0.1) is 5.82 Å². The van der Waals surface area contributed by atoms with Crippen molar-refractivity contribution in [2.75, 3.05) is 24.0 Å². The van der Waals surface area contributed by atoms with E-state index in [1.807, 2.05) is 30.3 Å². The van der Waals surface area contributed by atoms with Crippen LogP contribution in [0.25, 0.3) is 5.57 Å². The van der Waals surface area contributed by atoms with Crippen LogP contribution in [0.2, 0.25) is 0 Å². The van der Waals surface area contributed by atoms with E-state index in [2.05, 4.69) is 0 Å². The van der Waals surface area contributed by atoms with Crippen LogP contribution in [0.4, 0.5) is 15.8 Å². The summed E-state index contributed by atoms with van der Waals surface area (Å²) in [6.45, 7) is 0. The number of nitrogens with zero attached hydrogens (tertiary/aromatic N) is 2. The topological polar surface area (TPSA) is 49.9 Å². The number of benzene rings is 3. The van der Waals surface area contributed by atoms with Crippen LogP contribution in [0.1, 0.15) is 5.56 Å². The highest BCUT2D eigenvalue weighted by Crippen LogP contribution is 2.39. The molecule has 0 radical (unpaired) electrons. The molecule has 3 aromatic rings. The largest absolute Gasteiger partial charge is 0.495 e. The van der Waals surface area contributed by atoms with E-state index in [9.17, 15) is 14.0 Å². The van der Waals surface area contributed by atoms with E-state index in [0.29, 0.717) is 17.0 Å². The number of carbonyl (C=O) groups excluding carboxylic acids is 2. The van der Waals surface area contributed by atoms with Gasteiger partial charge in [-0.1, -0.05) is 42.5 Å². The number of hydrogen-bond donors (Lipinski definition) is 0. The number of methoxy groups -OCH3 is 1. The monoisotopic (exact) mass is 402 g/mol. The molecule has 0 atom stereocenters. The molecule has 0 N–H and O–H groups in total. The Morgan fingerprint density at radius 3 is 2.13 bits per heavy atom. The number of anilines is 2. The lowest BCUT2D eigenvalue weighted by molar-refractivity contribution is -0.120. The zero-order valence-corrected chi connectivity index (χ0v) is 16.5. The second-order valence-corrected chi connectivity index (χ2v) is 6.74. The summed E-state index contributed by atoms with van der Waals surface area (Å²) in [7, 11) is 3.21. The first-order valence-electron chi connectivity index (χ1n) is 9.33. The van der Waals surface area contributed by atoms with E-state index in [0.717, 1.165) is 10.6 Å². The minimum absolute atomic E-state index is 0.206. The maximum Gasteiger partial charge on any atom is 0.282 e. The quantitative estimate of drug-likeness (QED) is 0.599. The van der Waals surface area contributed by atoms with Crippen molar-refractivity contribution in [1.29, 1.82) is 0 Å². The van der Waals surface area contributed by atoms with Gasteiger partial charge in [0.05, 0.1) is 18.4 Å². The van der Waals surface area contributed by atoms with Gasteiger partial charge in [-0.3, -0.25) is 9.59 Å². The molecule has 30 heavy (non-hydrogen) atoms. The van der Waals surface area contributed by atoms with Gasteiger partial charge in [0, 0.05) is 12.7 Å². The average molecular weight is 402 g/mol. The Labute approximate surface area is 173 Å². The molecule has 3 aromatic carbocycles. The van der Waals surface area contributed by atoms with Crippen molar-refractivity contribution in [3.63, 3.8) is 0 Å². The molecular formula is C24H19FN2O3. The second kappa shape index (κ2) is 7.83. The molecule has 1 heterocycles. The number of hydrogen-bond acceptors (Lipinski definition) is 4. The van der Waals surface area contributed by atoms with Gasteiger partial charge < -0.3 is 9.64 Å². The van der Waals surface area contributed by atoms with Crippen molar-refractivity contribution in [1.82, 2.24) is 0 Å². The van der Waals surface area contributed by atoms with E-state index in [1.54, 1.807) is 36.2 Å². The number of rotatable bonds is 5. The van der Waals surface area contributed by atoms with Crippen LogP contribution in [0.15, 0.2) is 84.6 Å². The minimum atomic E-state index is -0.492. The summed E-state index contributed by atoms with van der Waals surface area (Å²) in [5.74, 6) is -0.985. The summed E-state index contributed by atoms with van der Waals surface area (Å²) in [5.41, 5.74) is 1.98. The first-order valence-corrected chi connectivity index (χ1v) is 9.33. The SMILES string of the molecule is COc1ccccc1N1C(=O)C(c2ccc(F)cc2)=C(N(C)c2ccccc2)C1=O. The lowest BCUT2D eigenvalue weighted by Gasteiger charge is -2.22. The molecule has 0 aliphatic carbocycles. The Hall–Kier alpha value is -3.93. The van der Waals surface area contributed by atoms with Gasteiger partial charge in [0.25, 0.3) is 11.8 Å². The Morgan fingerprint density at radius 2 is 1.47 bits per heavy atom. The molecule has 150 valence electrons. The molecule has 1 aliphatic rings. The smallest absolute Gasteiger partial charge is 0.282 e. The molecule has 1 aliphatic heterocycles. The number of ether oxygens (including phenoxy) is 1. The fourth-order valence-electron chi connectivity index (χ4n) is 3.52. The zero-order chi connectivity index (χ0) is 21.3. The normalized spacial score (nSPS) is 13.8. The van der Waals surface area contributed by atoms with Crippen LogP contribution in [-0.2, 0) is 9.59 Å². The van der Waals surface area contributed by atoms with Crippen molar-refractivity contribution in [2.45, 2.75) is 0 Å². The van der Waals surface area contributed by atoms with Gasteiger partial charge in [-0.25, -0.2) is 9.29 Å². The molecule has 0 aromatic heterocycles. The van der Waals surface area contributed by atoms with Gasteiger partial charge in [-0.15, -0.1) is 0 Å². The van der Waals surface area contributed by atoms with E-state index in [-0.39, 0.29) is 11.3 Å². The van der Waals surface area contributed by atoms with E-state index < -0.39 is 17.6 Å². The van der Waals surface area contributed by atoms with Gasteiger partial charge in [-0.2, -0.15) is 0 Å². The van der Waals surface area contributed by atoms with Crippen molar-refractivity contribution in [2.24, 2.45) is 0 Å². The number of halogens is 1. The molecule has 0 saturated heterocycles. The fraction of sp³-hybridized carbons (Fsp3) is 0.0833. The summed E-state index contributed by atoms with van der Waals surface area (Å²) >= 11 is 0. The molecule has 4 rings (SSSR count). The lowest BCUT2D eigenvalue weighted by atomic mass is 10.0. The van der Waals surface area contributed by atoms with Gasteiger partial charge >= 0.3 is 0 Å².